The first-order chi connectivity index (χ1) is 11.7. The van der Waals surface area contributed by atoms with Crippen molar-refractivity contribution in [2.24, 2.45) is 0 Å². The molecular formula is C18H22N4O3. The Morgan fingerprint density at radius 1 is 1.00 bits per heavy atom. The number of urea groups is 1. The van der Waals surface area contributed by atoms with Crippen molar-refractivity contribution in [1.29, 1.82) is 0 Å². The van der Waals surface area contributed by atoms with Crippen LogP contribution >= 0.6 is 0 Å². The summed E-state index contributed by atoms with van der Waals surface area (Å²) in [4.78, 5) is 38.0. The van der Waals surface area contributed by atoms with Gasteiger partial charge in [0.1, 0.15) is 5.54 Å². The number of imide groups is 1. The van der Waals surface area contributed by atoms with Gasteiger partial charge in [-0.3, -0.25) is 18.8 Å². The van der Waals surface area contributed by atoms with Gasteiger partial charge in [-0.05, 0) is 39.8 Å². The molecule has 1 fully saturated rings. The van der Waals surface area contributed by atoms with Crippen LogP contribution in [-0.4, -0.2) is 38.1 Å². The van der Waals surface area contributed by atoms with E-state index in [1.54, 1.807) is 24.6 Å². The predicted molar refractivity (Wildman–Crippen MR) is 93.8 cm³/mol. The van der Waals surface area contributed by atoms with Crippen LogP contribution in [0.4, 0.5) is 4.79 Å². The topological polar surface area (TPSA) is 76.3 Å². The third-order valence-electron chi connectivity index (χ3n) is 4.43. The van der Waals surface area contributed by atoms with Crippen molar-refractivity contribution < 1.29 is 9.59 Å². The summed E-state index contributed by atoms with van der Waals surface area (Å²) in [6.45, 7) is 7.59. The molecule has 1 aliphatic rings. The maximum atomic E-state index is 12.7. The molecule has 1 aromatic heterocycles. The second-order valence-electron chi connectivity index (χ2n) is 6.93. The monoisotopic (exact) mass is 342 g/mol. The number of nitrogens with zero attached hydrogens (tertiary/aromatic N) is 3. The molecule has 0 unspecified atom stereocenters. The molecular weight excluding hydrogens is 320 g/mol. The van der Waals surface area contributed by atoms with Crippen LogP contribution < -0.4 is 11.0 Å². The Balaban J connectivity index is 1.82. The van der Waals surface area contributed by atoms with Gasteiger partial charge in [-0.15, -0.1) is 0 Å². The van der Waals surface area contributed by atoms with Gasteiger partial charge in [0, 0.05) is 25.0 Å². The smallest absolute Gasteiger partial charge is 0.324 e. The highest BCUT2D eigenvalue weighted by Crippen LogP contribution is 2.16. The number of imidazole rings is 1. The van der Waals surface area contributed by atoms with Crippen LogP contribution in [0.1, 0.15) is 25.1 Å². The van der Waals surface area contributed by atoms with E-state index in [1.165, 1.54) is 4.57 Å². The predicted octanol–water partition coefficient (Wildman–Crippen LogP) is 1.59. The highest BCUT2D eigenvalue weighted by Gasteiger charge is 2.43. The lowest BCUT2D eigenvalue weighted by Gasteiger charge is -2.15. The van der Waals surface area contributed by atoms with E-state index >= 15 is 0 Å². The number of aromatic nitrogens is 2. The number of nitrogens with one attached hydrogen (secondary N) is 1. The summed E-state index contributed by atoms with van der Waals surface area (Å²) in [5.41, 5.74) is 1.63. The van der Waals surface area contributed by atoms with Crippen LogP contribution in [0.25, 0.3) is 5.69 Å². The zero-order valence-corrected chi connectivity index (χ0v) is 14.9. The van der Waals surface area contributed by atoms with Gasteiger partial charge in [0.05, 0.1) is 5.69 Å². The van der Waals surface area contributed by atoms with Crippen LogP contribution in [0.2, 0.25) is 0 Å². The van der Waals surface area contributed by atoms with Crippen molar-refractivity contribution in [1.82, 2.24) is 19.4 Å². The average molecular weight is 342 g/mol. The molecule has 1 saturated heterocycles. The Morgan fingerprint density at radius 2 is 1.64 bits per heavy atom. The van der Waals surface area contributed by atoms with E-state index in [4.69, 9.17) is 0 Å². The van der Waals surface area contributed by atoms with Crippen molar-refractivity contribution in [3.05, 3.63) is 52.2 Å². The largest absolute Gasteiger partial charge is 0.333 e. The van der Waals surface area contributed by atoms with Crippen LogP contribution in [-0.2, 0) is 11.3 Å². The van der Waals surface area contributed by atoms with E-state index in [9.17, 15) is 14.4 Å². The van der Waals surface area contributed by atoms with E-state index in [2.05, 4.69) is 5.32 Å². The minimum Gasteiger partial charge on any atom is -0.324 e. The molecule has 1 aliphatic heterocycles. The first-order valence-corrected chi connectivity index (χ1v) is 8.20. The Hall–Kier alpha value is -2.83. The summed E-state index contributed by atoms with van der Waals surface area (Å²) >= 11 is 0. The van der Waals surface area contributed by atoms with Crippen LogP contribution in [0.15, 0.2) is 35.3 Å². The third kappa shape index (κ3) is 2.97. The molecule has 3 amide bonds. The summed E-state index contributed by atoms with van der Waals surface area (Å²) in [5, 5.41) is 2.64. The zero-order chi connectivity index (χ0) is 18.4. The van der Waals surface area contributed by atoms with Gasteiger partial charge in [0.2, 0.25) is 0 Å². The summed E-state index contributed by atoms with van der Waals surface area (Å²) in [5.74, 6) is -0.278. The normalized spacial score (nSPS) is 16.4. The van der Waals surface area contributed by atoms with Crippen molar-refractivity contribution in [3.8, 4) is 5.69 Å². The fraction of sp³-hybridized carbons (Fsp3) is 0.389. The van der Waals surface area contributed by atoms with Crippen LogP contribution in [0.5, 0.6) is 0 Å². The molecule has 0 aliphatic carbocycles. The third-order valence-corrected chi connectivity index (χ3v) is 4.43. The molecule has 0 atom stereocenters. The average Bonchev–Trinajstić information content (AvgIpc) is 2.92. The molecule has 0 radical (unpaired) electrons. The highest BCUT2D eigenvalue weighted by molar-refractivity contribution is 6.06. The minimum absolute atomic E-state index is 0.158. The molecule has 7 heteroatoms. The van der Waals surface area contributed by atoms with Gasteiger partial charge in [0.25, 0.3) is 5.91 Å². The van der Waals surface area contributed by atoms with Crippen molar-refractivity contribution >= 4 is 11.9 Å². The lowest BCUT2D eigenvalue weighted by Crippen LogP contribution is -2.41. The number of carbonyl (C=O) groups is 2. The molecule has 0 bridgehead atoms. The molecule has 1 N–H and O–H groups in total. The number of rotatable bonds is 4. The second-order valence-corrected chi connectivity index (χ2v) is 6.93. The molecule has 2 heterocycles. The van der Waals surface area contributed by atoms with Gasteiger partial charge >= 0.3 is 11.7 Å². The number of hydrogen-bond acceptors (Lipinski definition) is 3. The van der Waals surface area contributed by atoms with Crippen LogP contribution in [0.3, 0.4) is 0 Å². The Bertz CT molecular complexity index is 890. The standard InChI is InChI=1S/C18H22N4O3/c1-12-5-7-14(8-6-12)22-13(2)11-20(17(22)25)9-10-21-15(23)18(3,4)19-16(21)24/h5-8,11H,9-10H2,1-4H3,(H,19,24). The lowest BCUT2D eigenvalue weighted by molar-refractivity contribution is -0.130. The minimum atomic E-state index is -0.897. The van der Waals surface area contributed by atoms with E-state index < -0.39 is 11.6 Å². The Labute approximate surface area is 145 Å². The molecule has 25 heavy (non-hydrogen) atoms. The number of aryl methyl sites for hydroxylation is 2. The fourth-order valence-corrected chi connectivity index (χ4v) is 3.01. The lowest BCUT2D eigenvalue weighted by atomic mass is 10.1. The van der Waals surface area contributed by atoms with Gasteiger partial charge < -0.3 is 5.32 Å². The second kappa shape index (κ2) is 5.91. The van der Waals surface area contributed by atoms with Crippen molar-refractivity contribution in [2.45, 2.75) is 39.8 Å². The highest BCUT2D eigenvalue weighted by atomic mass is 16.2. The van der Waals surface area contributed by atoms with Crippen LogP contribution in [0, 0.1) is 13.8 Å². The van der Waals surface area contributed by atoms with E-state index in [-0.39, 0.29) is 24.7 Å². The van der Waals surface area contributed by atoms with Crippen molar-refractivity contribution in [3.63, 3.8) is 0 Å². The van der Waals surface area contributed by atoms with E-state index in [1.807, 2.05) is 38.1 Å². The fourth-order valence-electron chi connectivity index (χ4n) is 3.01. The SMILES string of the molecule is Cc1ccc(-n2c(C)cn(CCN3C(=O)NC(C)(C)C3=O)c2=O)cc1. The number of benzene rings is 1. The molecule has 0 spiro atoms. The Kier molecular flexibility index (Phi) is 4.02. The summed E-state index contributed by atoms with van der Waals surface area (Å²) in [6, 6.07) is 7.28. The maximum Gasteiger partial charge on any atom is 0.333 e. The number of carbonyl (C=O) groups excluding carboxylic acids is 2. The number of hydrogen-bond donors (Lipinski definition) is 1. The summed E-state index contributed by atoms with van der Waals surface area (Å²) < 4.78 is 3.15. The molecule has 0 saturated carbocycles. The zero-order valence-electron chi connectivity index (χ0n) is 14.9. The molecule has 132 valence electrons. The number of amides is 3. The molecule has 7 nitrogen and oxygen atoms in total. The summed E-state index contributed by atoms with van der Waals surface area (Å²) in [7, 11) is 0. The molecule has 3 rings (SSSR count). The van der Waals surface area contributed by atoms with E-state index in [0.29, 0.717) is 0 Å². The van der Waals surface area contributed by atoms with Crippen molar-refractivity contribution in [2.75, 3.05) is 6.54 Å². The van der Waals surface area contributed by atoms with E-state index in [0.717, 1.165) is 21.8 Å². The Morgan fingerprint density at radius 3 is 2.20 bits per heavy atom. The maximum absolute atomic E-state index is 12.7. The van der Waals surface area contributed by atoms with Gasteiger partial charge in [-0.25, -0.2) is 9.59 Å². The molecule has 2 aromatic rings. The van der Waals surface area contributed by atoms with Gasteiger partial charge in [-0.1, -0.05) is 17.7 Å². The van der Waals surface area contributed by atoms with Gasteiger partial charge in [-0.2, -0.15) is 0 Å². The first kappa shape index (κ1) is 17.0. The van der Waals surface area contributed by atoms with Gasteiger partial charge in [0.15, 0.2) is 0 Å². The quantitative estimate of drug-likeness (QED) is 0.857. The molecule has 1 aromatic carbocycles. The first-order valence-electron chi connectivity index (χ1n) is 8.20. The summed E-state index contributed by atoms with van der Waals surface area (Å²) in [6.07, 6.45) is 1.74.